The number of nitrogens with two attached hydrogens (primary N) is 2. The maximum Gasteiger partial charge on any atom is 0.267 e. The Morgan fingerprint density at radius 2 is 1.51 bits per heavy atom. The van der Waals surface area contributed by atoms with E-state index in [1.165, 1.54) is 24.3 Å². The molecule has 2 aromatic carbocycles. The molecule has 238 valence electrons. The Labute approximate surface area is 264 Å². The number of nitrogen functional groups attached to an aromatic ring is 1. The van der Waals surface area contributed by atoms with Crippen LogP contribution in [0.2, 0.25) is 0 Å². The molecular weight excluding hydrogens is 603 g/mol. The monoisotopic (exact) mass is 639 g/mol. The lowest BCUT2D eigenvalue weighted by atomic mass is 9.91. The van der Waals surface area contributed by atoms with Crippen LogP contribution in [-0.4, -0.2) is 22.7 Å². The highest BCUT2D eigenvalue weighted by Gasteiger charge is 2.29. The van der Waals surface area contributed by atoms with Crippen LogP contribution >= 0.6 is 11.3 Å². The van der Waals surface area contributed by atoms with Gasteiger partial charge in [0.25, 0.3) is 17.7 Å². The van der Waals surface area contributed by atoms with Crippen LogP contribution < -0.4 is 22.3 Å². The summed E-state index contributed by atoms with van der Waals surface area (Å²) in [5, 5.41) is 2.66. The van der Waals surface area contributed by atoms with Crippen LogP contribution in [0.25, 0.3) is 10.4 Å². The predicted octanol–water partition coefficient (Wildman–Crippen LogP) is 5.87. The first kappa shape index (κ1) is 34.9. The maximum atomic E-state index is 13.6. The molecule has 0 saturated carbocycles. The van der Waals surface area contributed by atoms with Crippen LogP contribution in [0, 0.1) is 23.4 Å². The van der Waals surface area contributed by atoms with E-state index in [1.54, 1.807) is 18.2 Å². The zero-order valence-electron chi connectivity index (χ0n) is 25.5. The van der Waals surface area contributed by atoms with E-state index in [0.717, 1.165) is 29.0 Å². The first-order valence-electron chi connectivity index (χ1n) is 14.4. The van der Waals surface area contributed by atoms with Gasteiger partial charge in [0.05, 0.1) is 27.4 Å². The summed E-state index contributed by atoms with van der Waals surface area (Å²) in [4.78, 5) is 44.5. The van der Waals surface area contributed by atoms with Crippen molar-refractivity contribution < 1.29 is 27.6 Å². The summed E-state index contributed by atoms with van der Waals surface area (Å²) in [7, 11) is 0. The highest BCUT2D eigenvalue weighted by Crippen LogP contribution is 2.37. The van der Waals surface area contributed by atoms with E-state index in [2.05, 4.69) is 10.7 Å². The van der Waals surface area contributed by atoms with Crippen LogP contribution in [0.4, 0.5) is 13.2 Å². The molecule has 6 N–H and O–H groups in total. The minimum Gasteiger partial charge on any atom is -0.366 e. The summed E-state index contributed by atoms with van der Waals surface area (Å²) in [6.45, 7) is 7.84. The molecule has 0 aliphatic carbocycles. The molecule has 2 heterocycles. The Bertz CT molecular complexity index is 1670. The Balaban J connectivity index is 0.00000271. The summed E-state index contributed by atoms with van der Waals surface area (Å²) in [5.74, 6) is 1.25. The average Bonchev–Trinajstić information content (AvgIpc) is 3.51. The van der Waals surface area contributed by atoms with E-state index in [9.17, 15) is 27.6 Å². The molecule has 8 nitrogen and oxygen atoms in total. The van der Waals surface area contributed by atoms with Gasteiger partial charge in [-0.1, -0.05) is 45.9 Å². The Morgan fingerprint density at radius 1 is 0.844 bits per heavy atom. The molecule has 45 heavy (non-hydrogen) atoms. The number of aromatic nitrogens is 1. The minimum absolute atomic E-state index is 0.0431. The van der Waals surface area contributed by atoms with Gasteiger partial charge >= 0.3 is 0 Å². The lowest BCUT2D eigenvalue weighted by molar-refractivity contribution is 0.0945. The number of halogens is 3. The largest absolute Gasteiger partial charge is 0.366 e. The number of primary amides is 1. The quantitative estimate of drug-likeness (QED) is 0.0924. The number of aryl methyl sites for hydroxylation is 2. The number of carbonyl (C=O) groups excluding carboxylic acids is 3. The van der Waals surface area contributed by atoms with Crippen molar-refractivity contribution in [3.05, 3.63) is 111 Å². The van der Waals surface area contributed by atoms with Crippen molar-refractivity contribution in [2.45, 2.75) is 53.5 Å². The van der Waals surface area contributed by atoms with Crippen molar-refractivity contribution >= 4 is 29.1 Å². The van der Waals surface area contributed by atoms with Gasteiger partial charge in [0.1, 0.15) is 5.82 Å². The number of thiophene rings is 1. The van der Waals surface area contributed by atoms with Crippen LogP contribution in [0.15, 0.2) is 54.6 Å². The van der Waals surface area contributed by atoms with Gasteiger partial charge in [0.2, 0.25) is 0 Å². The molecule has 0 spiro atoms. The van der Waals surface area contributed by atoms with E-state index >= 15 is 0 Å². The Morgan fingerprint density at radius 3 is 2.11 bits per heavy atom. The number of hydrogen-bond acceptors (Lipinski definition) is 6. The first-order chi connectivity index (χ1) is 21.5. The average molecular weight is 640 g/mol. The zero-order valence-corrected chi connectivity index (χ0v) is 26.3. The molecule has 0 fully saturated rings. The van der Waals surface area contributed by atoms with Crippen molar-refractivity contribution in [3.8, 4) is 10.4 Å². The van der Waals surface area contributed by atoms with Crippen LogP contribution in [0.1, 0.15) is 80.6 Å². The van der Waals surface area contributed by atoms with Gasteiger partial charge in [-0.3, -0.25) is 24.8 Å². The molecule has 0 saturated heterocycles. The fraction of sp³-hybridized carbons (Fsp3) is 0.273. The van der Waals surface area contributed by atoms with Gasteiger partial charge in [-0.05, 0) is 72.7 Å². The highest BCUT2D eigenvalue weighted by atomic mass is 32.1. The molecular formula is C33H36F3N5O3S. The van der Waals surface area contributed by atoms with Gasteiger partial charge in [0.15, 0.2) is 11.6 Å². The SMILES string of the molecule is CC.CC(C)Cc1nc(CCc2ccc(F)cc2)c(C(=O)NN)c(-c2ccc(C(=O)NCc3ccc(F)c(F)c3)s2)c1C(N)=O. The van der Waals surface area contributed by atoms with Crippen molar-refractivity contribution in [1.82, 2.24) is 15.7 Å². The molecule has 4 rings (SSSR count). The third kappa shape index (κ3) is 8.77. The third-order valence-corrected chi connectivity index (χ3v) is 7.73. The predicted molar refractivity (Wildman–Crippen MR) is 169 cm³/mol. The van der Waals surface area contributed by atoms with Crippen LogP contribution in [-0.2, 0) is 25.8 Å². The minimum atomic E-state index is -1.03. The molecule has 0 atom stereocenters. The van der Waals surface area contributed by atoms with Gasteiger partial charge < -0.3 is 11.1 Å². The van der Waals surface area contributed by atoms with Crippen molar-refractivity contribution in [2.75, 3.05) is 0 Å². The van der Waals surface area contributed by atoms with Crippen molar-refractivity contribution in [2.24, 2.45) is 17.5 Å². The molecule has 0 aliphatic rings. The number of nitrogens with one attached hydrogen (secondary N) is 2. The van der Waals surface area contributed by atoms with Gasteiger partial charge in [-0.2, -0.15) is 0 Å². The number of carbonyl (C=O) groups is 3. The topological polar surface area (TPSA) is 140 Å². The smallest absolute Gasteiger partial charge is 0.267 e. The summed E-state index contributed by atoms with van der Waals surface area (Å²) in [6.07, 6.45) is 1.06. The standard InChI is InChI=1S/C31H30F3N5O3S.C2H6/c1-16(2)13-23-26(29(35)40)28(27(31(42)39-36)22(38-23)10-6-17-3-7-19(32)8-4-17)24-11-12-25(43-24)30(41)37-15-18-5-9-20(33)21(34)14-18;1-2/h3-5,7-9,11-12,14,16H,6,10,13,15,36H2,1-2H3,(H2,35,40)(H,37,41)(H,39,42);1-2H3. The number of rotatable bonds is 11. The lowest BCUT2D eigenvalue weighted by Crippen LogP contribution is -2.33. The van der Waals surface area contributed by atoms with Gasteiger partial charge in [0, 0.05) is 17.0 Å². The highest BCUT2D eigenvalue weighted by molar-refractivity contribution is 7.17. The number of pyridine rings is 1. The van der Waals surface area contributed by atoms with Crippen molar-refractivity contribution in [1.29, 1.82) is 0 Å². The molecule has 3 amide bonds. The second-order valence-electron chi connectivity index (χ2n) is 10.3. The molecule has 0 radical (unpaired) electrons. The molecule has 2 aromatic heterocycles. The van der Waals surface area contributed by atoms with E-state index in [0.29, 0.717) is 34.7 Å². The van der Waals surface area contributed by atoms with E-state index in [1.807, 2.05) is 27.7 Å². The van der Waals surface area contributed by atoms with E-state index in [-0.39, 0.29) is 46.3 Å². The normalized spacial score (nSPS) is 10.7. The first-order valence-corrected chi connectivity index (χ1v) is 15.2. The van der Waals surface area contributed by atoms with E-state index < -0.39 is 29.4 Å². The Hall–Kier alpha value is -4.55. The lowest BCUT2D eigenvalue weighted by Gasteiger charge is -2.20. The number of benzene rings is 2. The second kappa shape index (κ2) is 16.0. The summed E-state index contributed by atoms with van der Waals surface area (Å²) < 4.78 is 40.3. The Kier molecular flexibility index (Phi) is 12.4. The molecule has 0 unspecified atom stereocenters. The molecule has 12 heteroatoms. The number of hydrogen-bond donors (Lipinski definition) is 4. The molecule has 0 aliphatic heterocycles. The number of hydrazine groups is 1. The fourth-order valence-electron chi connectivity index (χ4n) is 4.66. The molecule has 0 bridgehead atoms. The zero-order chi connectivity index (χ0) is 33.3. The third-order valence-electron chi connectivity index (χ3n) is 6.63. The van der Waals surface area contributed by atoms with E-state index in [4.69, 9.17) is 16.6 Å². The maximum absolute atomic E-state index is 13.6. The van der Waals surface area contributed by atoms with Crippen LogP contribution in [0.3, 0.4) is 0 Å². The van der Waals surface area contributed by atoms with Gasteiger partial charge in [-0.25, -0.2) is 19.0 Å². The molecule has 4 aromatic rings. The van der Waals surface area contributed by atoms with Crippen LogP contribution in [0.5, 0.6) is 0 Å². The summed E-state index contributed by atoms with van der Waals surface area (Å²) >= 11 is 1.02. The second-order valence-corrected chi connectivity index (χ2v) is 11.4. The summed E-state index contributed by atoms with van der Waals surface area (Å²) in [6, 6.07) is 12.4. The summed E-state index contributed by atoms with van der Waals surface area (Å²) in [5.41, 5.74) is 10.2. The number of amides is 3. The number of nitrogens with zero attached hydrogens (tertiary/aromatic N) is 1. The fourth-order valence-corrected chi connectivity index (χ4v) is 5.64. The van der Waals surface area contributed by atoms with Crippen molar-refractivity contribution in [3.63, 3.8) is 0 Å². The van der Waals surface area contributed by atoms with Gasteiger partial charge in [-0.15, -0.1) is 11.3 Å².